The van der Waals surface area contributed by atoms with Crippen molar-refractivity contribution < 1.29 is 9.53 Å². The summed E-state index contributed by atoms with van der Waals surface area (Å²) in [5.41, 5.74) is 9.04. The second kappa shape index (κ2) is 6.73. The zero-order chi connectivity index (χ0) is 16.2. The number of nitrogens with one attached hydrogen (secondary N) is 1. The van der Waals surface area contributed by atoms with Crippen LogP contribution in [0.2, 0.25) is 0 Å². The lowest BCUT2D eigenvalue weighted by Crippen LogP contribution is -2.39. The Morgan fingerprint density at radius 1 is 1.26 bits per heavy atom. The topological polar surface area (TPSA) is 64.3 Å². The molecule has 0 fully saturated rings. The van der Waals surface area contributed by atoms with Crippen LogP contribution < -0.4 is 15.8 Å². The van der Waals surface area contributed by atoms with Crippen LogP contribution in [-0.2, 0) is 11.2 Å². The Balaban J connectivity index is 1.67. The third-order valence-electron chi connectivity index (χ3n) is 4.22. The van der Waals surface area contributed by atoms with E-state index in [4.69, 9.17) is 10.5 Å². The summed E-state index contributed by atoms with van der Waals surface area (Å²) < 4.78 is 5.69. The molecule has 4 heteroatoms. The smallest absolute Gasteiger partial charge is 0.261 e. The van der Waals surface area contributed by atoms with Crippen LogP contribution in [0, 0.1) is 0 Å². The normalized spacial score (nSPS) is 17.9. The minimum atomic E-state index is -0.531. The van der Waals surface area contributed by atoms with Crippen LogP contribution in [0.5, 0.6) is 5.75 Å². The van der Waals surface area contributed by atoms with Crippen LogP contribution >= 0.6 is 0 Å². The van der Waals surface area contributed by atoms with Crippen molar-refractivity contribution in [1.82, 2.24) is 5.32 Å². The van der Waals surface area contributed by atoms with Crippen molar-refractivity contribution in [3.05, 3.63) is 59.7 Å². The second-order valence-electron chi connectivity index (χ2n) is 5.98. The van der Waals surface area contributed by atoms with Gasteiger partial charge < -0.3 is 15.8 Å². The van der Waals surface area contributed by atoms with Crippen molar-refractivity contribution in [1.29, 1.82) is 0 Å². The van der Waals surface area contributed by atoms with E-state index in [1.54, 1.807) is 6.92 Å². The number of hydrogen-bond acceptors (Lipinski definition) is 3. The van der Waals surface area contributed by atoms with Gasteiger partial charge in [0.2, 0.25) is 0 Å². The predicted molar refractivity (Wildman–Crippen MR) is 91.2 cm³/mol. The lowest BCUT2D eigenvalue weighted by molar-refractivity contribution is -0.128. The summed E-state index contributed by atoms with van der Waals surface area (Å²) in [5, 5.41) is 3.11. The zero-order valence-electron chi connectivity index (χ0n) is 13.3. The van der Waals surface area contributed by atoms with Gasteiger partial charge in [0.25, 0.3) is 5.91 Å². The maximum Gasteiger partial charge on any atom is 0.261 e. The SMILES string of the molecule is CC(Oc1ccccc1)C(=O)NC1CCCc2cc(N)ccc21. The maximum absolute atomic E-state index is 12.4. The number of carbonyl (C=O) groups is 1. The van der Waals surface area contributed by atoms with E-state index in [2.05, 4.69) is 5.32 Å². The third kappa shape index (κ3) is 3.65. The monoisotopic (exact) mass is 310 g/mol. The fourth-order valence-corrected chi connectivity index (χ4v) is 3.03. The van der Waals surface area contributed by atoms with E-state index in [-0.39, 0.29) is 11.9 Å². The highest BCUT2D eigenvalue weighted by atomic mass is 16.5. The highest BCUT2D eigenvalue weighted by molar-refractivity contribution is 5.81. The van der Waals surface area contributed by atoms with Crippen LogP contribution in [0.4, 0.5) is 5.69 Å². The van der Waals surface area contributed by atoms with Crippen molar-refractivity contribution in [3.63, 3.8) is 0 Å². The van der Waals surface area contributed by atoms with Gasteiger partial charge in [-0.1, -0.05) is 24.3 Å². The van der Waals surface area contributed by atoms with E-state index in [1.165, 1.54) is 11.1 Å². The first-order chi connectivity index (χ1) is 11.1. The van der Waals surface area contributed by atoms with E-state index < -0.39 is 6.10 Å². The van der Waals surface area contributed by atoms with Crippen molar-refractivity contribution in [2.45, 2.75) is 38.3 Å². The van der Waals surface area contributed by atoms with Crippen LogP contribution in [-0.4, -0.2) is 12.0 Å². The number of benzene rings is 2. The number of rotatable bonds is 4. The largest absolute Gasteiger partial charge is 0.481 e. The summed E-state index contributed by atoms with van der Waals surface area (Å²) in [6.07, 6.45) is 2.48. The number of anilines is 1. The van der Waals surface area contributed by atoms with Crippen LogP contribution in [0.15, 0.2) is 48.5 Å². The molecule has 2 aromatic rings. The van der Waals surface area contributed by atoms with Gasteiger partial charge in [0, 0.05) is 5.69 Å². The van der Waals surface area contributed by atoms with E-state index in [0.717, 1.165) is 24.9 Å². The Morgan fingerprint density at radius 3 is 2.83 bits per heavy atom. The van der Waals surface area contributed by atoms with Gasteiger partial charge in [0.05, 0.1) is 6.04 Å². The van der Waals surface area contributed by atoms with E-state index in [9.17, 15) is 4.79 Å². The van der Waals surface area contributed by atoms with E-state index >= 15 is 0 Å². The number of amides is 1. The summed E-state index contributed by atoms with van der Waals surface area (Å²) in [6.45, 7) is 1.77. The summed E-state index contributed by atoms with van der Waals surface area (Å²) in [7, 11) is 0. The molecule has 0 heterocycles. The molecular formula is C19H22N2O2. The van der Waals surface area contributed by atoms with Gasteiger partial charge >= 0.3 is 0 Å². The summed E-state index contributed by atoms with van der Waals surface area (Å²) in [4.78, 5) is 12.4. The molecule has 0 saturated heterocycles. The molecule has 1 amide bonds. The van der Waals surface area contributed by atoms with Crippen molar-refractivity contribution in [2.75, 3.05) is 5.73 Å². The Morgan fingerprint density at radius 2 is 2.04 bits per heavy atom. The molecule has 3 rings (SSSR count). The maximum atomic E-state index is 12.4. The van der Waals surface area contributed by atoms with Gasteiger partial charge in [-0.25, -0.2) is 0 Å². The van der Waals surface area contributed by atoms with Gasteiger partial charge in [-0.3, -0.25) is 4.79 Å². The van der Waals surface area contributed by atoms with E-state index in [0.29, 0.717) is 5.75 Å². The lowest BCUT2D eigenvalue weighted by atomic mass is 9.87. The first-order valence-corrected chi connectivity index (χ1v) is 8.04. The number of nitrogens with two attached hydrogens (primary N) is 1. The minimum Gasteiger partial charge on any atom is -0.481 e. The highest BCUT2D eigenvalue weighted by Crippen LogP contribution is 2.31. The summed E-state index contributed by atoms with van der Waals surface area (Å²) in [6, 6.07) is 15.4. The van der Waals surface area contributed by atoms with Crippen LogP contribution in [0.25, 0.3) is 0 Å². The predicted octanol–water partition coefficient (Wildman–Crippen LogP) is 3.23. The Bertz CT molecular complexity index is 685. The van der Waals surface area contributed by atoms with Gasteiger partial charge in [-0.15, -0.1) is 0 Å². The number of nitrogen functional groups attached to an aromatic ring is 1. The van der Waals surface area contributed by atoms with Crippen LogP contribution in [0.3, 0.4) is 0 Å². The second-order valence-corrected chi connectivity index (χ2v) is 5.98. The first kappa shape index (κ1) is 15.4. The zero-order valence-corrected chi connectivity index (χ0v) is 13.3. The van der Waals surface area contributed by atoms with Gasteiger partial charge in [0.1, 0.15) is 5.75 Å². The molecule has 0 aromatic heterocycles. The van der Waals surface area contributed by atoms with Crippen molar-refractivity contribution in [2.24, 2.45) is 0 Å². The fourth-order valence-electron chi connectivity index (χ4n) is 3.03. The Hall–Kier alpha value is -2.49. The first-order valence-electron chi connectivity index (χ1n) is 8.04. The molecule has 0 saturated carbocycles. The number of para-hydroxylation sites is 1. The average Bonchev–Trinajstić information content (AvgIpc) is 2.55. The van der Waals surface area contributed by atoms with Crippen molar-refractivity contribution in [3.8, 4) is 5.75 Å². The van der Waals surface area contributed by atoms with Crippen molar-refractivity contribution >= 4 is 11.6 Å². The molecule has 4 nitrogen and oxygen atoms in total. The van der Waals surface area contributed by atoms with Gasteiger partial charge in [0.15, 0.2) is 6.10 Å². The number of carbonyl (C=O) groups excluding carboxylic acids is 1. The molecule has 0 radical (unpaired) electrons. The molecule has 0 aliphatic heterocycles. The molecule has 3 N–H and O–H groups in total. The molecule has 2 aromatic carbocycles. The third-order valence-corrected chi connectivity index (χ3v) is 4.22. The fraction of sp³-hybridized carbons (Fsp3) is 0.316. The molecule has 120 valence electrons. The highest BCUT2D eigenvalue weighted by Gasteiger charge is 2.24. The van der Waals surface area contributed by atoms with Crippen LogP contribution in [0.1, 0.15) is 36.9 Å². The molecular weight excluding hydrogens is 288 g/mol. The molecule has 2 unspecified atom stereocenters. The Kier molecular flexibility index (Phi) is 4.51. The summed E-state index contributed by atoms with van der Waals surface area (Å²) >= 11 is 0. The Labute approximate surface area is 136 Å². The molecule has 0 spiro atoms. The van der Waals surface area contributed by atoms with Gasteiger partial charge in [-0.2, -0.15) is 0 Å². The summed E-state index contributed by atoms with van der Waals surface area (Å²) in [5.74, 6) is 0.607. The average molecular weight is 310 g/mol. The number of fused-ring (bicyclic) bond motifs is 1. The number of aryl methyl sites for hydroxylation is 1. The minimum absolute atomic E-state index is 0.0358. The number of hydrogen-bond donors (Lipinski definition) is 2. The quantitative estimate of drug-likeness (QED) is 0.852. The van der Waals surface area contributed by atoms with E-state index in [1.807, 2.05) is 48.5 Å². The molecule has 0 bridgehead atoms. The number of ether oxygens (including phenoxy) is 1. The molecule has 1 aliphatic rings. The molecule has 23 heavy (non-hydrogen) atoms. The lowest BCUT2D eigenvalue weighted by Gasteiger charge is -2.28. The molecule has 2 atom stereocenters. The standard InChI is InChI=1S/C19H22N2O2/c1-13(23-16-7-3-2-4-8-16)19(22)21-18-9-5-6-14-12-15(20)10-11-17(14)18/h2-4,7-8,10-13,18H,5-6,9,20H2,1H3,(H,21,22). The van der Waals surface area contributed by atoms with Gasteiger partial charge in [-0.05, 0) is 61.6 Å². The molecule has 1 aliphatic carbocycles.